The summed E-state index contributed by atoms with van der Waals surface area (Å²) in [5.74, 6) is 0.0119. The molecule has 0 aliphatic heterocycles. The van der Waals surface area contributed by atoms with Gasteiger partial charge >= 0.3 is 0 Å². The number of hydrogen-bond donors (Lipinski definition) is 1. The van der Waals surface area contributed by atoms with E-state index >= 15 is 0 Å². The highest BCUT2D eigenvalue weighted by Crippen LogP contribution is 2.16. The van der Waals surface area contributed by atoms with Gasteiger partial charge in [-0.3, -0.25) is 4.79 Å². The van der Waals surface area contributed by atoms with Crippen LogP contribution in [0.3, 0.4) is 0 Å². The summed E-state index contributed by atoms with van der Waals surface area (Å²) in [7, 11) is 0. The van der Waals surface area contributed by atoms with Gasteiger partial charge in [-0.15, -0.1) is 0 Å². The Morgan fingerprint density at radius 1 is 1.37 bits per heavy atom. The van der Waals surface area contributed by atoms with Crippen LogP contribution in [0.1, 0.15) is 42.6 Å². The lowest BCUT2D eigenvalue weighted by Gasteiger charge is -2.09. The molecule has 4 heteroatoms. The zero-order valence-corrected chi connectivity index (χ0v) is 14.0. The molecule has 1 aromatic rings. The van der Waals surface area contributed by atoms with E-state index in [4.69, 9.17) is 4.74 Å². The van der Waals surface area contributed by atoms with Gasteiger partial charge in [0.1, 0.15) is 0 Å². The Hall–Kier alpha value is -0.620. The first-order chi connectivity index (χ1) is 9.02. The number of rotatable bonds is 7. The number of carbonyl (C=O) groups excluding carboxylic acids is 1. The molecule has 0 bridgehead atoms. The van der Waals surface area contributed by atoms with Gasteiger partial charge in [0.25, 0.3) is 5.91 Å². The molecular formula is C15H22INO2. The van der Waals surface area contributed by atoms with Crippen molar-refractivity contribution in [1.29, 1.82) is 0 Å². The van der Waals surface area contributed by atoms with Crippen molar-refractivity contribution in [2.45, 2.75) is 39.7 Å². The first-order valence-corrected chi connectivity index (χ1v) is 7.75. The molecule has 0 heterocycles. The van der Waals surface area contributed by atoms with Crippen LogP contribution in [0.25, 0.3) is 0 Å². The van der Waals surface area contributed by atoms with Crippen molar-refractivity contribution < 1.29 is 9.53 Å². The van der Waals surface area contributed by atoms with Crippen LogP contribution in [0.4, 0.5) is 0 Å². The molecule has 0 fully saturated rings. The largest absolute Gasteiger partial charge is 0.379 e. The van der Waals surface area contributed by atoms with Crippen molar-refractivity contribution in [3.8, 4) is 0 Å². The standard InChI is InChI=1S/C15H22INO2/c1-11(2)19-10-5-4-9-17-15(18)13-8-6-7-12(3)14(13)16/h6-8,11H,4-5,9-10H2,1-3H3,(H,17,18). The van der Waals surface area contributed by atoms with Crippen LogP contribution < -0.4 is 5.32 Å². The van der Waals surface area contributed by atoms with Gasteiger partial charge in [-0.1, -0.05) is 12.1 Å². The maximum atomic E-state index is 12.0. The first kappa shape index (κ1) is 16.4. The van der Waals surface area contributed by atoms with Gasteiger partial charge in [-0.2, -0.15) is 0 Å². The van der Waals surface area contributed by atoms with Crippen molar-refractivity contribution >= 4 is 28.5 Å². The lowest BCUT2D eigenvalue weighted by Crippen LogP contribution is -2.25. The molecule has 0 saturated carbocycles. The molecular weight excluding hydrogens is 353 g/mol. The van der Waals surface area contributed by atoms with E-state index in [0.717, 1.165) is 34.1 Å². The Balaban J connectivity index is 2.30. The van der Waals surface area contributed by atoms with Crippen molar-refractivity contribution in [1.82, 2.24) is 5.32 Å². The zero-order valence-electron chi connectivity index (χ0n) is 11.8. The Morgan fingerprint density at radius 3 is 2.79 bits per heavy atom. The molecule has 0 aromatic heterocycles. The van der Waals surface area contributed by atoms with E-state index in [1.165, 1.54) is 0 Å². The Morgan fingerprint density at radius 2 is 2.11 bits per heavy atom. The summed E-state index contributed by atoms with van der Waals surface area (Å²) in [4.78, 5) is 12.0. The fraction of sp³-hybridized carbons (Fsp3) is 0.533. The van der Waals surface area contributed by atoms with Crippen molar-refractivity contribution in [3.63, 3.8) is 0 Å². The second-order valence-electron chi connectivity index (χ2n) is 4.82. The van der Waals surface area contributed by atoms with Crippen molar-refractivity contribution in [2.24, 2.45) is 0 Å². The number of unbranched alkanes of at least 4 members (excludes halogenated alkanes) is 1. The smallest absolute Gasteiger partial charge is 0.252 e. The minimum absolute atomic E-state index is 0.0119. The molecule has 0 saturated heterocycles. The van der Waals surface area contributed by atoms with Crippen LogP contribution in [0.15, 0.2) is 18.2 Å². The van der Waals surface area contributed by atoms with Gasteiger partial charge in [-0.05, 0) is 67.8 Å². The van der Waals surface area contributed by atoms with Crippen LogP contribution in [0, 0.1) is 10.5 Å². The second-order valence-corrected chi connectivity index (χ2v) is 5.90. The predicted molar refractivity (Wildman–Crippen MR) is 86.6 cm³/mol. The highest BCUT2D eigenvalue weighted by atomic mass is 127. The van der Waals surface area contributed by atoms with Crippen LogP contribution in [-0.4, -0.2) is 25.2 Å². The normalized spacial score (nSPS) is 10.8. The molecule has 0 radical (unpaired) electrons. The molecule has 19 heavy (non-hydrogen) atoms. The van der Waals surface area contributed by atoms with E-state index in [-0.39, 0.29) is 12.0 Å². The first-order valence-electron chi connectivity index (χ1n) is 6.67. The minimum Gasteiger partial charge on any atom is -0.379 e. The van der Waals surface area contributed by atoms with Gasteiger partial charge < -0.3 is 10.1 Å². The summed E-state index contributed by atoms with van der Waals surface area (Å²) < 4.78 is 6.48. The average molecular weight is 375 g/mol. The number of carbonyl (C=O) groups is 1. The Kier molecular flexibility index (Phi) is 7.38. The number of hydrogen-bond acceptors (Lipinski definition) is 2. The summed E-state index contributed by atoms with van der Waals surface area (Å²) in [5, 5.41) is 2.96. The summed E-state index contributed by atoms with van der Waals surface area (Å²) in [6.07, 6.45) is 2.20. The summed E-state index contributed by atoms with van der Waals surface area (Å²) in [6, 6.07) is 5.80. The fourth-order valence-electron chi connectivity index (χ4n) is 1.67. The summed E-state index contributed by atoms with van der Waals surface area (Å²) >= 11 is 2.22. The highest BCUT2D eigenvalue weighted by Gasteiger charge is 2.10. The third-order valence-corrected chi connectivity index (χ3v) is 4.18. The van der Waals surface area contributed by atoms with E-state index in [0.29, 0.717) is 6.54 Å². The summed E-state index contributed by atoms with van der Waals surface area (Å²) in [6.45, 7) is 7.53. The van der Waals surface area contributed by atoms with E-state index in [2.05, 4.69) is 27.9 Å². The van der Waals surface area contributed by atoms with E-state index in [1.54, 1.807) is 0 Å². The molecule has 0 spiro atoms. The van der Waals surface area contributed by atoms with Gasteiger partial charge in [0, 0.05) is 16.7 Å². The molecule has 0 aliphatic carbocycles. The SMILES string of the molecule is Cc1cccc(C(=O)NCCCCOC(C)C)c1I. The molecule has 0 unspecified atom stereocenters. The highest BCUT2D eigenvalue weighted by molar-refractivity contribution is 14.1. The van der Waals surface area contributed by atoms with E-state index in [9.17, 15) is 4.79 Å². The molecule has 106 valence electrons. The number of ether oxygens (including phenoxy) is 1. The van der Waals surface area contributed by atoms with Crippen molar-refractivity contribution in [2.75, 3.05) is 13.2 Å². The maximum Gasteiger partial charge on any atom is 0.252 e. The monoisotopic (exact) mass is 375 g/mol. The lowest BCUT2D eigenvalue weighted by molar-refractivity contribution is 0.0754. The number of nitrogens with one attached hydrogen (secondary N) is 1. The quantitative estimate of drug-likeness (QED) is 0.585. The van der Waals surface area contributed by atoms with Gasteiger partial charge in [0.2, 0.25) is 0 Å². The maximum absolute atomic E-state index is 12.0. The average Bonchev–Trinajstić information content (AvgIpc) is 2.36. The van der Waals surface area contributed by atoms with Crippen LogP contribution in [0.5, 0.6) is 0 Å². The molecule has 1 amide bonds. The Bertz CT molecular complexity index is 419. The van der Waals surface area contributed by atoms with Gasteiger partial charge in [0.15, 0.2) is 0 Å². The van der Waals surface area contributed by atoms with Crippen molar-refractivity contribution in [3.05, 3.63) is 32.9 Å². The summed E-state index contributed by atoms with van der Waals surface area (Å²) in [5.41, 5.74) is 1.90. The van der Waals surface area contributed by atoms with Crippen LogP contribution >= 0.6 is 22.6 Å². The number of halogens is 1. The molecule has 1 rings (SSSR count). The fourth-order valence-corrected chi connectivity index (χ4v) is 2.27. The van der Waals surface area contributed by atoms with E-state index < -0.39 is 0 Å². The topological polar surface area (TPSA) is 38.3 Å². The Labute approximate surface area is 129 Å². The van der Waals surface area contributed by atoms with E-state index in [1.807, 2.05) is 39.0 Å². The second kappa shape index (κ2) is 8.53. The predicted octanol–water partition coefficient (Wildman–Crippen LogP) is 3.53. The molecule has 3 nitrogen and oxygen atoms in total. The number of amides is 1. The van der Waals surface area contributed by atoms with Crippen LogP contribution in [0.2, 0.25) is 0 Å². The van der Waals surface area contributed by atoms with Crippen LogP contribution in [-0.2, 0) is 4.74 Å². The zero-order chi connectivity index (χ0) is 14.3. The molecule has 1 aromatic carbocycles. The molecule has 1 N–H and O–H groups in total. The third kappa shape index (κ3) is 5.91. The molecule has 0 atom stereocenters. The number of benzene rings is 1. The number of aryl methyl sites for hydroxylation is 1. The molecule has 0 aliphatic rings. The van der Waals surface area contributed by atoms with Gasteiger partial charge in [-0.25, -0.2) is 0 Å². The lowest BCUT2D eigenvalue weighted by atomic mass is 10.1. The van der Waals surface area contributed by atoms with Gasteiger partial charge in [0.05, 0.1) is 11.7 Å². The third-order valence-electron chi connectivity index (χ3n) is 2.74. The minimum atomic E-state index is 0.0119.